The normalized spacial score (nSPS) is 7.47. The summed E-state index contributed by atoms with van der Waals surface area (Å²) >= 11 is 0. The summed E-state index contributed by atoms with van der Waals surface area (Å²) in [5.41, 5.74) is 1.32. The van der Waals surface area contributed by atoms with Crippen LogP contribution in [-0.2, 0) is 0 Å². The van der Waals surface area contributed by atoms with Gasteiger partial charge in [0.15, 0.2) is 0 Å². The standard InChI is InChI=1S/C7H8.C3H7NO2.C2H6/c1-7-5-3-2-4-6-7;1-2-4-3(5)6;1-2/h2-6H,1H3;4H,2H2,1H3,(H,5,6);1-2H3. The van der Waals surface area contributed by atoms with Crippen molar-refractivity contribution in [2.24, 2.45) is 0 Å². The molecule has 0 atom stereocenters. The monoisotopic (exact) mass is 211 g/mol. The molecule has 0 aliphatic heterocycles. The number of rotatable bonds is 1. The maximum absolute atomic E-state index is 9.49. The van der Waals surface area contributed by atoms with Crippen LogP contribution in [0.2, 0.25) is 0 Å². The van der Waals surface area contributed by atoms with E-state index in [9.17, 15) is 4.79 Å². The van der Waals surface area contributed by atoms with Crippen LogP contribution in [0, 0.1) is 6.92 Å². The highest BCUT2D eigenvalue weighted by molar-refractivity contribution is 5.64. The van der Waals surface area contributed by atoms with E-state index in [4.69, 9.17) is 5.11 Å². The molecular weight excluding hydrogens is 190 g/mol. The highest BCUT2D eigenvalue weighted by Gasteiger charge is 1.83. The van der Waals surface area contributed by atoms with Crippen molar-refractivity contribution in [3.05, 3.63) is 35.9 Å². The first-order chi connectivity index (χ1) is 7.16. The summed E-state index contributed by atoms with van der Waals surface area (Å²) in [6, 6.07) is 10.3. The zero-order chi connectivity index (χ0) is 12.1. The Hall–Kier alpha value is -1.51. The summed E-state index contributed by atoms with van der Waals surface area (Å²) in [5.74, 6) is 0. The van der Waals surface area contributed by atoms with Gasteiger partial charge in [-0.2, -0.15) is 0 Å². The molecule has 3 heteroatoms. The average molecular weight is 211 g/mol. The lowest BCUT2D eigenvalue weighted by molar-refractivity contribution is 0.195. The molecular formula is C12H21NO2. The number of carbonyl (C=O) groups is 1. The van der Waals surface area contributed by atoms with Crippen molar-refractivity contribution in [2.75, 3.05) is 6.54 Å². The van der Waals surface area contributed by atoms with Crippen LogP contribution in [0.3, 0.4) is 0 Å². The minimum atomic E-state index is -0.961. The third-order valence-electron chi connectivity index (χ3n) is 1.27. The van der Waals surface area contributed by atoms with Gasteiger partial charge in [0.25, 0.3) is 0 Å². The van der Waals surface area contributed by atoms with Crippen molar-refractivity contribution in [1.29, 1.82) is 0 Å². The SMILES string of the molecule is CC.CCNC(=O)O.Cc1ccccc1. The molecule has 0 spiro atoms. The van der Waals surface area contributed by atoms with E-state index in [2.05, 4.69) is 24.4 Å². The van der Waals surface area contributed by atoms with Gasteiger partial charge in [0.1, 0.15) is 0 Å². The van der Waals surface area contributed by atoms with Gasteiger partial charge in [0.05, 0.1) is 0 Å². The second-order valence-electron chi connectivity index (χ2n) is 2.49. The zero-order valence-electron chi connectivity index (χ0n) is 9.95. The fourth-order valence-corrected chi connectivity index (χ4v) is 0.686. The highest BCUT2D eigenvalue weighted by Crippen LogP contribution is 1.92. The van der Waals surface area contributed by atoms with Gasteiger partial charge in [0, 0.05) is 6.54 Å². The minimum Gasteiger partial charge on any atom is -0.465 e. The molecule has 1 aromatic carbocycles. The molecule has 15 heavy (non-hydrogen) atoms. The van der Waals surface area contributed by atoms with Crippen molar-refractivity contribution < 1.29 is 9.90 Å². The van der Waals surface area contributed by atoms with Gasteiger partial charge in [-0.1, -0.05) is 49.7 Å². The van der Waals surface area contributed by atoms with E-state index in [0.29, 0.717) is 6.54 Å². The number of carboxylic acid groups (broad SMARTS) is 1. The topological polar surface area (TPSA) is 49.3 Å². The van der Waals surface area contributed by atoms with Gasteiger partial charge in [0.2, 0.25) is 0 Å². The number of aryl methyl sites for hydroxylation is 1. The lowest BCUT2D eigenvalue weighted by Gasteiger charge is -1.87. The van der Waals surface area contributed by atoms with E-state index in [0.717, 1.165) is 0 Å². The maximum atomic E-state index is 9.49. The molecule has 1 rings (SSSR count). The third kappa shape index (κ3) is 15.3. The van der Waals surface area contributed by atoms with E-state index in [-0.39, 0.29) is 0 Å². The van der Waals surface area contributed by atoms with Crippen LogP contribution in [0.5, 0.6) is 0 Å². The van der Waals surface area contributed by atoms with Crippen molar-refractivity contribution in [3.8, 4) is 0 Å². The van der Waals surface area contributed by atoms with Crippen LogP contribution in [-0.4, -0.2) is 17.7 Å². The Morgan fingerprint density at radius 2 is 1.73 bits per heavy atom. The fraction of sp³-hybridized carbons (Fsp3) is 0.417. The first-order valence-corrected chi connectivity index (χ1v) is 5.15. The van der Waals surface area contributed by atoms with Crippen molar-refractivity contribution in [1.82, 2.24) is 5.32 Å². The summed E-state index contributed by atoms with van der Waals surface area (Å²) in [6.07, 6.45) is -0.961. The molecule has 3 nitrogen and oxygen atoms in total. The zero-order valence-corrected chi connectivity index (χ0v) is 9.95. The number of amides is 1. The smallest absolute Gasteiger partial charge is 0.404 e. The highest BCUT2D eigenvalue weighted by atomic mass is 16.4. The molecule has 0 aliphatic carbocycles. The second-order valence-corrected chi connectivity index (χ2v) is 2.49. The van der Waals surface area contributed by atoms with Gasteiger partial charge in [-0.3, -0.25) is 0 Å². The van der Waals surface area contributed by atoms with E-state index in [1.807, 2.05) is 32.0 Å². The molecule has 0 aliphatic rings. The van der Waals surface area contributed by atoms with E-state index in [1.54, 1.807) is 6.92 Å². The molecule has 0 radical (unpaired) electrons. The molecule has 0 aromatic heterocycles. The summed E-state index contributed by atoms with van der Waals surface area (Å²) < 4.78 is 0. The lowest BCUT2D eigenvalue weighted by atomic mass is 10.2. The van der Waals surface area contributed by atoms with Crippen LogP contribution in [0.1, 0.15) is 26.3 Å². The van der Waals surface area contributed by atoms with Crippen molar-refractivity contribution in [3.63, 3.8) is 0 Å². The molecule has 1 amide bonds. The molecule has 86 valence electrons. The number of nitrogens with one attached hydrogen (secondary N) is 1. The van der Waals surface area contributed by atoms with Gasteiger partial charge in [-0.25, -0.2) is 4.79 Å². The van der Waals surface area contributed by atoms with Crippen LogP contribution in [0.15, 0.2) is 30.3 Å². The first kappa shape index (κ1) is 15.9. The van der Waals surface area contributed by atoms with Crippen LogP contribution in [0.25, 0.3) is 0 Å². The molecule has 0 saturated carbocycles. The largest absolute Gasteiger partial charge is 0.465 e. The molecule has 0 heterocycles. The van der Waals surface area contributed by atoms with E-state index in [1.165, 1.54) is 5.56 Å². The van der Waals surface area contributed by atoms with Gasteiger partial charge >= 0.3 is 6.09 Å². The fourth-order valence-electron chi connectivity index (χ4n) is 0.686. The van der Waals surface area contributed by atoms with Crippen LogP contribution in [0.4, 0.5) is 4.79 Å². The van der Waals surface area contributed by atoms with E-state index < -0.39 is 6.09 Å². The predicted molar refractivity (Wildman–Crippen MR) is 64.2 cm³/mol. The lowest BCUT2D eigenvalue weighted by Crippen LogP contribution is -2.19. The van der Waals surface area contributed by atoms with Crippen molar-refractivity contribution in [2.45, 2.75) is 27.7 Å². The molecule has 0 fully saturated rings. The number of benzene rings is 1. The van der Waals surface area contributed by atoms with Gasteiger partial charge < -0.3 is 10.4 Å². The minimum absolute atomic E-state index is 0.481. The Morgan fingerprint density at radius 3 is 1.87 bits per heavy atom. The Bertz CT molecular complexity index is 235. The van der Waals surface area contributed by atoms with Crippen LogP contribution < -0.4 is 5.32 Å². The quantitative estimate of drug-likeness (QED) is 0.748. The summed E-state index contributed by atoms with van der Waals surface area (Å²) in [4.78, 5) is 9.49. The maximum Gasteiger partial charge on any atom is 0.404 e. The van der Waals surface area contributed by atoms with E-state index >= 15 is 0 Å². The van der Waals surface area contributed by atoms with Crippen molar-refractivity contribution >= 4 is 6.09 Å². The summed E-state index contributed by atoms with van der Waals surface area (Å²) in [5, 5.41) is 9.93. The van der Waals surface area contributed by atoms with Gasteiger partial charge in [-0.05, 0) is 13.8 Å². The number of hydrogen-bond donors (Lipinski definition) is 2. The number of hydrogen-bond acceptors (Lipinski definition) is 1. The molecule has 0 unspecified atom stereocenters. The third-order valence-corrected chi connectivity index (χ3v) is 1.27. The first-order valence-electron chi connectivity index (χ1n) is 5.15. The Morgan fingerprint density at radius 1 is 1.27 bits per heavy atom. The molecule has 0 bridgehead atoms. The molecule has 2 N–H and O–H groups in total. The van der Waals surface area contributed by atoms with Gasteiger partial charge in [-0.15, -0.1) is 0 Å². The summed E-state index contributed by atoms with van der Waals surface area (Å²) in [7, 11) is 0. The summed E-state index contributed by atoms with van der Waals surface area (Å²) in [6.45, 7) is 8.30. The molecule has 0 saturated heterocycles. The van der Waals surface area contributed by atoms with Crippen LogP contribution >= 0.6 is 0 Å². The Balaban J connectivity index is 0. The Kier molecular flexibility index (Phi) is 13.3. The Labute approximate surface area is 92.1 Å². The predicted octanol–water partition coefficient (Wildman–Crippen LogP) is 3.30. The second kappa shape index (κ2) is 12.5. The average Bonchev–Trinajstić information content (AvgIpc) is 2.22. The molecule has 1 aromatic rings.